The van der Waals surface area contributed by atoms with Gasteiger partial charge in [-0.25, -0.2) is 14.8 Å². The molecule has 4 aliphatic rings. The summed E-state index contributed by atoms with van der Waals surface area (Å²) in [6.45, 7) is 4.25. The van der Waals surface area contributed by atoms with Gasteiger partial charge in [0.1, 0.15) is 54.4 Å². The molecule has 29 nitrogen and oxygen atoms in total. The number of hydrogen-bond acceptors (Lipinski definition) is 16. The van der Waals surface area contributed by atoms with Gasteiger partial charge in [-0.2, -0.15) is 11.8 Å². The topological polar surface area (TPSA) is 434 Å². The average molecular weight is 1180 g/mol. The largest absolute Gasteiger partial charge is 0.480 e. The molecule has 4 aliphatic heterocycles. The van der Waals surface area contributed by atoms with Gasteiger partial charge in [0.15, 0.2) is 0 Å². The summed E-state index contributed by atoms with van der Waals surface area (Å²) in [6.07, 6.45) is 8.92. The van der Waals surface area contributed by atoms with Gasteiger partial charge < -0.3 is 78.5 Å². The van der Waals surface area contributed by atoms with E-state index in [0.717, 1.165) is 0 Å². The van der Waals surface area contributed by atoms with E-state index in [-0.39, 0.29) is 89.9 Å². The molecule has 10 atom stereocenters. The van der Waals surface area contributed by atoms with Crippen molar-refractivity contribution in [2.24, 2.45) is 23.1 Å². The Labute approximate surface area is 484 Å². The molecule has 0 spiro atoms. The number of rotatable bonds is 30. The number of primary amides is 2. The van der Waals surface area contributed by atoms with Crippen LogP contribution in [-0.2, 0) is 70.4 Å². The van der Waals surface area contributed by atoms with Gasteiger partial charge in [-0.15, -0.1) is 0 Å². The Balaban J connectivity index is 1.17. The lowest BCUT2D eigenvalue weighted by Gasteiger charge is -2.34. The summed E-state index contributed by atoms with van der Waals surface area (Å²) in [5.41, 5.74) is 18.0. The van der Waals surface area contributed by atoms with Crippen LogP contribution in [0.5, 0.6) is 0 Å². The monoisotopic (exact) mass is 1180 g/mol. The van der Waals surface area contributed by atoms with Crippen molar-refractivity contribution in [3.05, 3.63) is 36.4 Å². The molecule has 4 fully saturated rings. The number of aromatic amines is 2. The molecule has 0 unspecified atom stereocenters. The summed E-state index contributed by atoms with van der Waals surface area (Å²) >= 11 is 1.49. The van der Waals surface area contributed by atoms with Crippen LogP contribution < -0.4 is 43.8 Å². The minimum Gasteiger partial charge on any atom is -0.480 e. The smallest absolute Gasteiger partial charge is 0.326 e. The Morgan fingerprint density at radius 3 is 1.42 bits per heavy atom. The zero-order chi connectivity index (χ0) is 60.5. The molecule has 0 aliphatic carbocycles. The molecule has 0 bridgehead atoms. The Hall–Kier alpha value is -7.63. The molecule has 456 valence electrons. The van der Waals surface area contributed by atoms with Crippen LogP contribution in [0.25, 0.3) is 0 Å². The minimum absolute atomic E-state index is 0.0305. The lowest BCUT2D eigenvalue weighted by molar-refractivity contribution is -0.152. The molecule has 0 radical (unpaired) electrons. The molecular formula is C53H80N16O13S. The third-order valence-corrected chi connectivity index (χ3v) is 16.1. The van der Waals surface area contributed by atoms with E-state index < -0.39 is 131 Å². The van der Waals surface area contributed by atoms with Crippen LogP contribution in [0.3, 0.4) is 0 Å². The third kappa shape index (κ3) is 17.7. The van der Waals surface area contributed by atoms with Crippen molar-refractivity contribution < 1.29 is 62.6 Å². The molecule has 83 heavy (non-hydrogen) atoms. The fraction of sp³-hybridized carbons (Fsp3) is 0.660. The van der Waals surface area contributed by atoms with Gasteiger partial charge in [0, 0.05) is 75.6 Å². The van der Waals surface area contributed by atoms with E-state index in [9.17, 15) is 62.6 Å². The molecular weight excluding hydrogens is 1100 g/mol. The van der Waals surface area contributed by atoms with Crippen molar-refractivity contribution in [2.75, 3.05) is 38.2 Å². The lowest BCUT2D eigenvalue weighted by Crippen LogP contribution is -2.60. The highest BCUT2D eigenvalue weighted by Gasteiger charge is 2.46. The molecule has 0 aromatic carbocycles. The highest BCUT2D eigenvalue weighted by atomic mass is 32.2. The van der Waals surface area contributed by atoms with Gasteiger partial charge in [0.05, 0.1) is 18.7 Å². The number of H-pyrrole nitrogens is 2. The maximum atomic E-state index is 14.7. The first-order valence-corrected chi connectivity index (χ1v) is 29.7. The molecule has 0 saturated carbocycles. The van der Waals surface area contributed by atoms with Crippen LogP contribution in [0.2, 0.25) is 0 Å². The molecule has 6 rings (SSSR count). The number of imidazole rings is 2. The zero-order valence-corrected chi connectivity index (χ0v) is 48.0. The number of amides is 11. The first kappa shape index (κ1) is 64.5. The number of aromatic nitrogens is 4. The van der Waals surface area contributed by atoms with Crippen LogP contribution in [0.15, 0.2) is 25.0 Å². The van der Waals surface area contributed by atoms with Crippen molar-refractivity contribution in [3.8, 4) is 0 Å². The summed E-state index contributed by atoms with van der Waals surface area (Å²) in [6, 6.07) is -11.9. The fourth-order valence-electron chi connectivity index (χ4n) is 11.1. The van der Waals surface area contributed by atoms with E-state index in [2.05, 4.69) is 46.5 Å². The van der Waals surface area contributed by atoms with E-state index in [0.29, 0.717) is 62.1 Å². The van der Waals surface area contributed by atoms with Crippen LogP contribution >= 0.6 is 11.8 Å². The number of likely N-dealkylation sites (tertiary alicyclic amines) is 4. The van der Waals surface area contributed by atoms with Gasteiger partial charge >= 0.3 is 5.97 Å². The van der Waals surface area contributed by atoms with Crippen LogP contribution in [0.4, 0.5) is 0 Å². The number of nitrogens with two attached hydrogens (primary N) is 3. The summed E-state index contributed by atoms with van der Waals surface area (Å²) in [5.74, 6) is -8.47. The van der Waals surface area contributed by atoms with Gasteiger partial charge in [0.25, 0.3) is 0 Å². The number of carboxylic acids is 1. The highest BCUT2D eigenvalue weighted by Crippen LogP contribution is 2.28. The lowest BCUT2D eigenvalue weighted by atomic mass is 10.0. The van der Waals surface area contributed by atoms with Crippen molar-refractivity contribution in [1.29, 1.82) is 0 Å². The summed E-state index contributed by atoms with van der Waals surface area (Å²) < 4.78 is 0. The van der Waals surface area contributed by atoms with E-state index in [4.69, 9.17) is 17.2 Å². The quantitative estimate of drug-likeness (QED) is 0.0372. The second-order valence-corrected chi connectivity index (χ2v) is 23.0. The fourth-order valence-corrected chi connectivity index (χ4v) is 11.6. The van der Waals surface area contributed by atoms with Gasteiger partial charge in [0.2, 0.25) is 65.0 Å². The van der Waals surface area contributed by atoms with Crippen LogP contribution in [-0.4, -0.2) is 214 Å². The van der Waals surface area contributed by atoms with Crippen LogP contribution in [0.1, 0.15) is 115 Å². The normalized spacial score (nSPS) is 20.9. The van der Waals surface area contributed by atoms with Crippen molar-refractivity contribution in [1.82, 2.24) is 66.1 Å². The van der Waals surface area contributed by atoms with E-state index in [1.165, 1.54) is 56.4 Å². The first-order valence-electron chi connectivity index (χ1n) is 28.3. The number of hydrogen-bond donors (Lipinski definition) is 11. The van der Waals surface area contributed by atoms with E-state index >= 15 is 0 Å². The number of carbonyl (C=O) groups is 12. The zero-order valence-electron chi connectivity index (χ0n) is 47.2. The number of carboxylic acid groups (broad SMARTS) is 1. The van der Waals surface area contributed by atoms with Gasteiger partial charge in [-0.1, -0.05) is 13.8 Å². The molecule has 30 heteroatoms. The Morgan fingerprint density at radius 1 is 0.578 bits per heavy atom. The SMILES string of the molecule is CSCC[C@H](N)C(=O)N[C@@H](Cc1cnc[nH]1)C(=O)N[C@@H](CCC(N)=O)C(=O)N1CCC[C@H]1C(=O)N[C@@H](Cc1cnc[nH]1)C(=O)N[C@@H](CCC(N)=O)C(=O)N1CCC[C@H]1C(=O)N[C@@H](CC(C)C)C(=O)N1CCC[C@H]1C(=O)N1CCC[C@H]1C(=O)O. The first-order chi connectivity index (χ1) is 39.6. The number of carbonyl (C=O) groups excluding carboxylic acids is 11. The Morgan fingerprint density at radius 2 is 0.988 bits per heavy atom. The predicted octanol–water partition coefficient (Wildman–Crippen LogP) is -2.95. The number of nitrogens with zero attached hydrogens (tertiary/aromatic N) is 6. The van der Waals surface area contributed by atoms with Gasteiger partial charge in [-0.05, 0) is 95.0 Å². The van der Waals surface area contributed by atoms with Gasteiger partial charge in [-0.3, -0.25) is 52.7 Å². The molecule has 2 aromatic heterocycles. The highest BCUT2D eigenvalue weighted by molar-refractivity contribution is 7.98. The molecule has 6 heterocycles. The maximum Gasteiger partial charge on any atom is 0.326 e. The van der Waals surface area contributed by atoms with E-state index in [1.54, 1.807) is 0 Å². The molecule has 4 saturated heterocycles. The number of thioether (sulfide) groups is 1. The summed E-state index contributed by atoms with van der Waals surface area (Å²) in [5, 5.41) is 23.3. The Kier molecular flexibility index (Phi) is 23.8. The molecule has 14 N–H and O–H groups in total. The number of nitrogens with one attached hydrogen (secondary N) is 7. The standard InChI is InChI=1S/C53H80N16O13S/c1-29(2)22-37(51(79)68-19-6-10-40(68)52(80)69-20-7-11-41(69)53(81)82)65-48(76)39-9-5-18-67(39)50(78)34(13-15-43(56)71)62-46(74)36(24-31-26-58-28-60-31)64-47(75)38-8-4-17-66(38)49(77)33(12-14-42(55)70)61-45(73)35(23-30-25-57-27-59-30)63-44(72)32(54)16-21-83-3/h25-29,32-41H,4-24,54H2,1-3H3,(H2,55,70)(H2,56,71)(H,57,59)(H,58,60)(H,61,73)(H,62,74)(H,63,72)(H,64,75)(H,65,76)(H,81,82)/t32-,33-,34-,35-,36-,37-,38-,39-,40-,41-/m0/s1. The number of aliphatic carboxylic acids is 1. The van der Waals surface area contributed by atoms with Crippen molar-refractivity contribution in [2.45, 2.75) is 177 Å². The third-order valence-electron chi connectivity index (χ3n) is 15.4. The maximum absolute atomic E-state index is 14.7. The second kappa shape index (κ2) is 30.6. The Bertz CT molecular complexity index is 2640. The van der Waals surface area contributed by atoms with Crippen LogP contribution in [0, 0.1) is 5.92 Å². The second-order valence-electron chi connectivity index (χ2n) is 22.0. The summed E-state index contributed by atoms with van der Waals surface area (Å²) in [7, 11) is 0. The minimum atomic E-state index is -1.47. The van der Waals surface area contributed by atoms with E-state index in [1.807, 2.05) is 20.1 Å². The predicted molar refractivity (Wildman–Crippen MR) is 298 cm³/mol. The molecule has 11 amide bonds. The van der Waals surface area contributed by atoms with Crippen molar-refractivity contribution >= 4 is 82.7 Å². The summed E-state index contributed by atoms with van der Waals surface area (Å²) in [4.78, 5) is 183. The van der Waals surface area contributed by atoms with Crippen molar-refractivity contribution in [3.63, 3.8) is 0 Å². The average Bonchev–Trinajstić information content (AvgIpc) is 4.45. The molecule has 2 aromatic rings.